The predicted octanol–water partition coefficient (Wildman–Crippen LogP) is 1.87. The Labute approximate surface area is 178 Å². The summed E-state index contributed by atoms with van der Waals surface area (Å²) in [6, 6.07) is -0.278. The molecule has 1 fully saturated rings. The number of rotatable bonds is 8. The van der Waals surface area contributed by atoms with Gasteiger partial charge in [0.25, 0.3) is 0 Å². The van der Waals surface area contributed by atoms with E-state index in [1.807, 2.05) is 11.8 Å². The van der Waals surface area contributed by atoms with E-state index >= 15 is 0 Å². The second-order valence-corrected chi connectivity index (χ2v) is 7.65. The van der Waals surface area contributed by atoms with Crippen LogP contribution in [0.1, 0.15) is 13.3 Å². The van der Waals surface area contributed by atoms with Crippen molar-refractivity contribution in [1.29, 1.82) is 5.41 Å². The fraction of sp³-hybridized carbons (Fsp3) is 0.421. The molecule has 4 N–H and O–H groups in total. The van der Waals surface area contributed by atoms with E-state index in [1.54, 1.807) is 23.6 Å². The van der Waals surface area contributed by atoms with Crippen LogP contribution in [0.15, 0.2) is 46.5 Å². The highest BCUT2D eigenvalue weighted by Crippen LogP contribution is 2.36. The summed E-state index contributed by atoms with van der Waals surface area (Å²) in [6.07, 6.45) is 5.08. The van der Waals surface area contributed by atoms with E-state index in [0.717, 1.165) is 0 Å². The van der Waals surface area contributed by atoms with Gasteiger partial charge in [-0.25, -0.2) is 9.78 Å². The Morgan fingerprint density at radius 3 is 2.73 bits per heavy atom. The number of hydrogen-bond donors (Lipinski definition) is 4. The number of aliphatic hydroxyl groups is 1. The smallest absolute Gasteiger partial charge is 0.341 e. The third-order valence-electron chi connectivity index (χ3n) is 4.96. The van der Waals surface area contributed by atoms with E-state index in [9.17, 15) is 15.0 Å². The van der Waals surface area contributed by atoms with E-state index in [-0.39, 0.29) is 29.0 Å². The summed E-state index contributed by atoms with van der Waals surface area (Å²) in [5.41, 5.74) is 2.89. The molecule has 0 bridgehead atoms. The van der Waals surface area contributed by atoms with Crippen molar-refractivity contribution >= 4 is 28.3 Å². The lowest BCUT2D eigenvalue weighted by Crippen LogP contribution is -2.59. The molecular formula is C19H25N5O5S. The summed E-state index contributed by atoms with van der Waals surface area (Å²) in [5.74, 6) is -1.20. The van der Waals surface area contributed by atoms with Crippen LogP contribution >= 0.6 is 11.3 Å². The van der Waals surface area contributed by atoms with Gasteiger partial charge < -0.3 is 29.6 Å². The number of hydroxylamine groups is 1. The number of aromatic nitrogens is 1. The number of carboxylic acid groups (broad SMARTS) is 1. The van der Waals surface area contributed by atoms with Gasteiger partial charge in [-0.15, -0.1) is 11.3 Å². The van der Waals surface area contributed by atoms with E-state index in [4.69, 9.17) is 15.0 Å². The maximum absolute atomic E-state index is 11.8. The predicted molar refractivity (Wildman–Crippen MR) is 112 cm³/mol. The molecule has 0 amide bonds. The van der Waals surface area contributed by atoms with E-state index in [1.165, 1.54) is 30.7 Å². The first-order chi connectivity index (χ1) is 14.4. The monoisotopic (exact) mass is 435 g/mol. The standard InChI is InChI=1S/C19H25N5O5S/c1-4-13-16(14(28-2)7-15(20)23-8-11(9-23)22-29-3)17(25)12(18(26)27)10-24(13)19-21-5-6-30-19/h5-7,10-11,13,20,22,25H,4,8-9H2,1-3H3,(H,26,27). The van der Waals surface area contributed by atoms with Crippen molar-refractivity contribution in [3.05, 3.63) is 46.5 Å². The van der Waals surface area contributed by atoms with Crippen LogP contribution in [0.4, 0.5) is 5.13 Å². The minimum Gasteiger partial charge on any atom is -0.506 e. The first-order valence-electron chi connectivity index (χ1n) is 9.35. The summed E-state index contributed by atoms with van der Waals surface area (Å²) in [5, 5.41) is 31.2. The van der Waals surface area contributed by atoms with Crippen LogP contribution in [0.3, 0.4) is 0 Å². The maximum atomic E-state index is 11.8. The first kappa shape index (κ1) is 21.8. The van der Waals surface area contributed by atoms with Crippen molar-refractivity contribution < 1.29 is 24.6 Å². The normalized spacial score (nSPS) is 20.2. The third-order valence-corrected chi connectivity index (χ3v) is 5.75. The van der Waals surface area contributed by atoms with E-state index in [2.05, 4.69) is 10.5 Å². The molecule has 1 saturated heterocycles. The second-order valence-electron chi connectivity index (χ2n) is 6.78. The fourth-order valence-corrected chi connectivity index (χ4v) is 4.15. The number of nitrogens with zero attached hydrogens (tertiary/aromatic N) is 3. The van der Waals surface area contributed by atoms with Crippen LogP contribution in [0.2, 0.25) is 0 Å². The Morgan fingerprint density at radius 1 is 1.47 bits per heavy atom. The summed E-state index contributed by atoms with van der Waals surface area (Å²) in [7, 11) is 2.98. The number of hydrogen-bond acceptors (Lipinski definition) is 9. The molecule has 162 valence electrons. The number of nitrogens with one attached hydrogen (secondary N) is 2. The molecule has 0 aliphatic carbocycles. The van der Waals surface area contributed by atoms with Crippen molar-refractivity contribution in [2.24, 2.45) is 0 Å². The molecule has 0 saturated carbocycles. The molecule has 2 aliphatic heterocycles. The molecule has 3 rings (SSSR count). The van der Waals surface area contributed by atoms with Gasteiger partial charge in [0.15, 0.2) is 5.13 Å². The molecule has 0 radical (unpaired) electrons. The Morgan fingerprint density at radius 2 is 2.20 bits per heavy atom. The molecular weight excluding hydrogens is 410 g/mol. The zero-order valence-corrected chi connectivity index (χ0v) is 17.8. The van der Waals surface area contributed by atoms with Gasteiger partial charge in [0, 0.05) is 36.9 Å². The first-order valence-corrected chi connectivity index (χ1v) is 10.2. The van der Waals surface area contributed by atoms with Crippen molar-refractivity contribution in [2.45, 2.75) is 25.4 Å². The van der Waals surface area contributed by atoms with E-state index < -0.39 is 12.0 Å². The molecule has 1 aromatic rings. The lowest BCUT2D eigenvalue weighted by atomic mass is 9.93. The summed E-state index contributed by atoms with van der Waals surface area (Å²) >= 11 is 1.36. The number of carbonyl (C=O) groups is 1. The van der Waals surface area contributed by atoms with Gasteiger partial charge in [0.1, 0.15) is 22.9 Å². The van der Waals surface area contributed by atoms with Gasteiger partial charge in [-0.3, -0.25) is 5.41 Å². The maximum Gasteiger partial charge on any atom is 0.341 e. The van der Waals surface area contributed by atoms with Crippen molar-refractivity contribution in [3.8, 4) is 0 Å². The number of anilines is 1. The van der Waals surface area contributed by atoms with E-state index in [0.29, 0.717) is 30.2 Å². The van der Waals surface area contributed by atoms with Crippen LogP contribution in [0, 0.1) is 5.41 Å². The zero-order valence-electron chi connectivity index (χ0n) is 17.0. The van der Waals surface area contributed by atoms with Crippen LogP contribution in [-0.4, -0.2) is 71.3 Å². The topological polar surface area (TPSA) is 131 Å². The number of aliphatic hydroxyl groups excluding tert-OH is 1. The lowest BCUT2D eigenvalue weighted by Gasteiger charge is -2.40. The fourth-order valence-electron chi connectivity index (χ4n) is 3.48. The van der Waals surface area contributed by atoms with Gasteiger partial charge in [-0.1, -0.05) is 6.92 Å². The summed E-state index contributed by atoms with van der Waals surface area (Å²) in [6.45, 7) is 3.11. The summed E-state index contributed by atoms with van der Waals surface area (Å²) < 4.78 is 5.52. The van der Waals surface area contributed by atoms with Crippen molar-refractivity contribution in [2.75, 3.05) is 32.2 Å². The molecule has 1 atom stereocenters. The van der Waals surface area contributed by atoms with Crippen molar-refractivity contribution in [3.63, 3.8) is 0 Å². The Hall–Kier alpha value is -2.89. The number of thiazole rings is 1. The third kappa shape index (κ3) is 4.18. The molecule has 3 heterocycles. The molecule has 30 heavy (non-hydrogen) atoms. The van der Waals surface area contributed by atoms with Gasteiger partial charge >= 0.3 is 5.97 Å². The van der Waals surface area contributed by atoms with Gasteiger partial charge in [-0.2, -0.15) is 5.48 Å². The average molecular weight is 436 g/mol. The highest BCUT2D eigenvalue weighted by Gasteiger charge is 2.36. The Balaban J connectivity index is 1.96. The largest absolute Gasteiger partial charge is 0.506 e. The highest BCUT2D eigenvalue weighted by atomic mass is 32.1. The number of amidine groups is 1. The highest BCUT2D eigenvalue weighted by molar-refractivity contribution is 7.13. The average Bonchev–Trinajstić information content (AvgIpc) is 3.22. The number of carboxylic acids is 1. The van der Waals surface area contributed by atoms with Crippen LogP contribution in [-0.2, 0) is 14.4 Å². The minimum atomic E-state index is -1.26. The Bertz CT molecular complexity index is 889. The molecule has 0 aromatic carbocycles. The van der Waals surface area contributed by atoms with Crippen molar-refractivity contribution in [1.82, 2.24) is 15.4 Å². The Kier molecular flexibility index (Phi) is 6.75. The molecule has 2 aliphatic rings. The second kappa shape index (κ2) is 9.28. The van der Waals surface area contributed by atoms with Gasteiger partial charge in [-0.05, 0) is 6.42 Å². The zero-order chi connectivity index (χ0) is 21.8. The molecule has 0 spiro atoms. The quantitative estimate of drug-likeness (QED) is 0.209. The number of ether oxygens (including phenoxy) is 1. The molecule has 1 aromatic heterocycles. The lowest BCUT2D eigenvalue weighted by molar-refractivity contribution is -0.132. The summed E-state index contributed by atoms with van der Waals surface area (Å²) in [4.78, 5) is 24.5. The molecule has 10 nitrogen and oxygen atoms in total. The molecule has 1 unspecified atom stereocenters. The van der Waals surface area contributed by atoms with Crippen LogP contribution < -0.4 is 10.4 Å². The van der Waals surface area contributed by atoms with Gasteiger partial charge in [0.05, 0.1) is 31.9 Å². The number of aliphatic carboxylic acids is 1. The molecule has 11 heteroatoms. The van der Waals surface area contributed by atoms with Gasteiger partial charge in [0.2, 0.25) is 0 Å². The van der Waals surface area contributed by atoms with Crippen LogP contribution in [0.5, 0.6) is 0 Å². The number of methoxy groups -OCH3 is 1. The SMILES string of the molecule is CCC1C(C(=CC(=N)N2CC(NOC)C2)OC)=C(O)C(C(=O)O)=CN1c1nccs1. The van der Waals surface area contributed by atoms with Crippen LogP contribution in [0.25, 0.3) is 0 Å². The minimum absolute atomic E-state index is 0.127. The number of likely N-dealkylation sites (tertiary alicyclic amines) is 1.